The summed E-state index contributed by atoms with van der Waals surface area (Å²) in [5.74, 6) is 0.0948. The largest absolute Gasteiger partial charge is 0.365 e. The first-order valence-corrected chi connectivity index (χ1v) is 11.2. The van der Waals surface area contributed by atoms with Crippen molar-refractivity contribution in [3.8, 4) is 10.6 Å². The lowest BCUT2D eigenvalue weighted by molar-refractivity contribution is -0.115. The van der Waals surface area contributed by atoms with Crippen molar-refractivity contribution in [2.45, 2.75) is 13.8 Å². The molecule has 31 heavy (non-hydrogen) atoms. The molecule has 0 bridgehead atoms. The van der Waals surface area contributed by atoms with Crippen LogP contribution in [0.25, 0.3) is 16.2 Å². The van der Waals surface area contributed by atoms with Crippen molar-refractivity contribution in [3.05, 3.63) is 46.2 Å². The predicted octanol–water partition coefficient (Wildman–Crippen LogP) is 2.26. The van der Waals surface area contributed by atoms with E-state index in [1.165, 1.54) is 17.4 Å². The van der Waals surface area contributed by atoms with E-state index < -0.39 is 0 Å². The average Bonchev–Trinajstić information content (AvgIpc) is 3.68. The van der Waals surface area contributed by atoms with Gasteiger partial charge in [0.2, 0.25) is 11.6 Å². The van der Waals surface area contributed by atoms with Crippen molar-refractivity contribution in [1.82, 2.24) is 19.9 Å². The summed E-state index contributed by atoms with van der Waals surface area (Å²) in [6, 6.07) is 5.28. The van der Waals surface area contributed by atoms with E-state index in [1.807, 2.05) is 29.7 Å². The Balaban J connectivity index is 1.47. The highest BCUT2D eigenvalue weighted by Crippen LogP contribution is 2.37. The van der Waals surface area contributed by atoms with Gasteiger partial charge in [0.15, 0.2) is 5.76 Å². The van der Waals surface area contributed by atoms with E-state index in [2.05, 4.69) is 5.16 Å². The van der Waals surface area contributed by atoms with Crippen molar-refractivity contribution in [2.75, 3.05) is 39.3 Å². The summed E-state index contributed by atoms with van der Waals surface area (Å²) in [5, 5.41) is 4.13. The Morgan fingerprint density at radius 3 is 2.48 bits per heavy atom. The first-order chi connectivity index (χ1) is 15.0. The second-order valence-electron chi connectivity index (χ2n) is 7.64. The second-order valence-corrected chi connectivity index (χ2v) is 8.72. The third-order valence-electron chi connectivity index (χ3n) is 5.63. The molecule has 1 amide bonds. The van der Waals surface area contributed by atoms with Crippen LogP contribution in [0.5, 0.6) is 0 Å². The molecule has 0 atom stereocenters. The normalized spacial score (nSPS) is 17.9. The monoisotopic (exact) mass is 438 g/mol. The maximum Gasteiger partial charge on any atom is 0.263 e. The molecular formula is C22H22N4O4S. The third kappa shape index (κ3) is 3.48. The van der Waals surface area contributed by atoms with Crippen molar-refractivity contribution in [1.29, 1.82) is 0 Å². The Bertz CT molecular complexity index is 1150. The van der Waals surface area contributed by atoms with Gasteiger partial charge in [-0.15, -0.1) is 11.3 Å². The number of rotatable bonds is 7. The van der Waals surface area contributed by atoms with Crippen molar-refractivity contribution < 1.29 is 18.9 Å². The van der Waals surface area contributed by atoms with Crippen LogP contribution in [-0.2, 0) is 9.59 Å². The number of ketones is 2. The van der Waals surface area contributed by atoms with Crippen LogP contribution < -0.4 is 0 Å². The average molecular weight is 439 g/mol. The van der Waals surface area contributed by atoms with E-state index in [0.29, 0.717) is 46.4 Å². The van der Waals surface area contributed by atoms with Crippen LogP contribution in [0, 0.1) is 0 Å². The lowest BCUT2D eigenvalue weighted by Gasteiger charge is -2.19. The molecule has 9 heteroatoms. The fourth-order valence-corrected chi connectivity index (χ4v) is 4.65. The van der Waals surface area contributed by atoms with Gasteiger partial charge >= 0.3 is 0 Å². The predicted molar refractivity (Wildman–Crippen MR) is 115 cm³/mol. The summed E-state index contributed by atoms with van der Waals surface area (Å²) in [5.41, 5.74) is 1.49. The number of hydrogen-bond donors (Lipinski definition) is 0. The van der Waals surface area contributed by atoms with Crippen LogP contribution in [0.4, 0.5) is 0 Å². The minimum absolute atomic E-state index is 0.0196. The molecule has 2 aliphatic heterocycles. The molecule has 8 nitrogen and oxygen atoms in total. The molecule has 5 rings (SSSR count). The van der Waals surface area contributed by atoms with Crippen LogP contribution >= 0.6 is 11.3 Å². The van der Waals surface area contributed by atoms with E-state index in [-0.39, 0.29) is 17.5 Å². The van der Waals surface area contributed by atoms with Crippen LogP contribution in [-0.4, -0.2) is 76.6 Å². The summed E-state index contributed by atoms with van der Waals surface area (Å²) < 4.78 is 5.54. The highest BCUT2D eigenvalue weighted by atomic mass is 32.1. The fraction of sp³-hybridized carbons (Fsp3) is 0.364. The number of thiophene rings is 1. The minimum Gasteiger partial charge on any atom is -0.365 e. The minimum atomic E-state index is -0.192. The van der Waals surface area contributed by atoms with Crippen molar-refractivity contribution >= 4 is 34.4 Å². The Hall–Kier alpha value is -3.20. The lowest BCUT2D eigenvalue weighted by Crippen LogP contribution is -2.29. The number of carbonyl (C=O) groups is 3. The van der Waals surface area contributed by atoms with Gasteiger partial charge in [0.05, 0.1) is 26.7 Å². The molecule has 2 aromatic heterocycles. The molecule has 0 N–H and O–H groups in total. The highest BCUT2D eigenvalue weighted by molar-refractivity contribution is 7.17. The third-order valence-corrected chi connectivity index (χ3v) is 6.71. The zero-order valence-electron chi connectivity index (χ0n) is 17.4. The second kappa shape index (κ2) is 7.49. The van der Waals surface area contributed by atoms with Gasteiger partial charge in [0.1, 0.15) is 5.69 Å². The van der Waals surface area contributed by atoms with Gasteiger partial charge in [-0.3, -0.25) is 14.4 Å². The standard InChI is InChI=1S/C22H22N4O4S/c1-3-24(4-2)22(29)18-6-5-17(31-18)16-11-13(23-30-16)19-20(26-9-10-26)15(27)12-14(21(19)28)25-7-8-25/h5-6,11-12H,3-4,7-10H2,1-2H3. The molecule has 1 aliphatic carbocycles. The SMILES string of the molecule is CCN(CC)C(=O)c1ccc(-c2cc(C3=C(N4CC4)C(=O)C=C(N4CC4)C3=O)no2)s1. The number of allylic oxidation sites excluding steroid dienone is 2. The zero-order chi connectivity index (χ0) is 21.7. The smallest absolute Gasteiger partial charge is 0.263 e. The number of Topliss-reactive ketones (excluding diaryl/α,β-unsaturated/α-hetero) is 1. The first kappa shape index (κ1) is 19.7. The summed E-state index contributed by atoms with van der Waals surface area (Å²) in [6.45, 7) is 8.23. The van der Waals surface area contributed by atoms with Gasteiger partial charge < -0.3 is 19.2 Å². The Morgan fingerprint density at radius 2 is 1.84 bits per heavy atom. The molecule has 0 spiro atoms. The van der Waals surface area contributed by atoms with E-state index in [0.717, 1.165) is 31.1 Å². The first-order valence-electron chi connectivity index (χ1n) is 10.4. The van der Waals surface area contributed by atoms with Crippen LogP contribution in [0.2, 0.25) is 0 Å². The molecule has 0 saturated carbocycles. The quantitative estimate of drug-likeness (QED) is 0.484. The highest BCUT2D eigenvalue weighted by Gasteiger charge is 2.41. The summed E-state index contributed by atoms with van der Waals surface area (Å²) in [4.78, 5) is 45.5. The molecule has 2 saturated heterocycles. The Morgan fingerprint density at radius 1 is 1.13 bits per heavy atom. The van der Waals surface area contributed by atoms with Gasteiger partial charge in [0, 0.05) is 51.4 Å². The number of aromatic nitrogens is 1. The number of carbonyl (C=O) groups excluding carboxylic acids is 3. The molecule has 0 radical (unpaired) electrons. The van der Waals surface area contributed by atoms with Gasteiger partial charge in [-0.25, -0.2) is 0 Å². The van der Waals surface area contributed by atoms with E-state index in [9.17, 15) is 14.4 Å². The molecule has 0 unspecified atom stereocenters. The Labute approximate surface area is 183 Å². The molecule has 160 valence electrons. The number of nitrogens with zero attached hydrogens (tertiary/aromatic N) is 4. The van der Waals surface area contributed by atoms with Crippen LogP contribution in [0.1, 0.15) is 29.2 Å². The summed E-state index contributed by atoms with van der Waals surface area (Å²) in [7, 11) is 0. The molecule has 2 aromatic rings. The lowest BCUT2D eigenvalue weighted by atomic mass is 9.94. The number of hydrogen-bond acceptors (Lipinski definition) is 8. The Kier molecular flexibility index (Phi) is 4.77. The maximum absolute atomic E-state index is 13.2. The van der Waals surface area contributed by atoms with Gasteiger partial charge in [-0.1, -0.05) is 5.16 Å². The van der Waals surface area contributed by atoms with Crippen LogP contribution in [0.3, 0.4) is 0 Å². The fourth-order valence-electron chi connectivity index (χ4n) is 3.73. The van der Waals surface area contributed by atoms with Crippen LogP contribution in [0.15, 0.2) is 40.2 Å². The van der Waals surface area contributed by atoms with E-state index >= 15 is 0 Å². The molecular weight excluding hydrogens is 416 g/mol. The summed E-state index contributed by atoms with van der Waals surface area (Å²) in [6.07, 6.45) is 1.44. The van der Waals surface area contributed by atoms with Gasteiger partial charge in [-0.2, -0.15) is 0 Å². The molecule has 4 heterocycles. The van der Waals surface area contributed by atoms with Crippen molar-refractivity contribution in [2.24, 2.45) is 0 Å². The molecule has 0 aromatic carbocycles. The maximum atomic E-state index is 13.2. The summed E-state index contributed by atoms with van der Waals surface area (Å²) >= 11 is 1.33. The van der Waals surface area contributed by atoms with Gasteiger partial charge in [0.25, 0.3) is 5.91 Å². The molecule has 2 fully saturated rings. The molecule has 3 aliphatic rings. The van der Waals surface area contributed by atoms with Gasteiger partial charge in [-0.05, 0) is 26.0 Å². The van der Waals surface area contributed by atoms with E-state index in [4.69, 9.17) is 4.52 Å². The topological polar surface area (TPSA) is 86.5 Å². The zero-order valence-corrected chi connectivity index (χ0v) is 18.2. The van der Waals surface area contributed by atoms with E-state index in [1.54, 1.807) is 17.0 Å². The van der Waals surface area contributed by atoms with Crippen molar-refractivity contribution in [3.63, 3.8) is 0 Å². The number of amides is 1.